The van der Waals surface area contributed by atoms with Gasteiger partial charge in [0.15, 0.2) is 5.96 Å². The standard InChI is InChI=1S/C18H35N5O/c1-16-3-7-21(8-4-16)10-6-20-18(19-2)23-9-5-17(15-23)22-11-13-24-14-12-22/h16-17H,3-15H2,1-2H3,(H,19,20). The van der Waals surface area contributed by atoms with Crippen LogP contribution in [0.15, 0.2) is 4.99 Å². The number of nitrogens with zero attached hydrogens (tertiary/aromatic N) is 4. The predicted octanol–water partition coefficient (Wildman–Crippen LogP) is 0.700. The lowest BCUT2D eigenvalue weighted by Gasteiger charge is -2.32. The summed E-state index contributed by atoms with van der Waals surface area (Å²) >= 11 is 0. The molecule has 3 aliphatic heterocycles. The third-order valence-corrected chi connectivity index (χ3v) is 5.82. The lowest BCUT2D eigenvalue weighted by molar-refractivity contribution is 0.0195. The first-order valence-corrected chi connectivity index (χ1v) is 9.76. The minimum Gasteiger partial charge on any atom is -0.379 e. The Bertz CT molecular complexity index is 402. The van der Waals surface area contributed by atoms with Gasteiger partial charge in [-0.05, 0) is 38.3 Å². The number of hydrogen-bond donors (Lipinski definition) is 1. The molecule has 3 fully saturated rings. The summed E-state index contributed by atoms with van der Waals surface area (Å²) in [5.41, 5.74) is 0. The van der Waals surface area contributed by atoms with Crippen LogP contribution in [0.2, 0.25) is 0 Å². The molecule has 0 radical (unpaired) electrons. The first-order valence-electron chi connectivity index (χ1n) is 9.76. The zero-order valence-corrected chi connectivity index (χ0v) is 15.5. The number of morpholine rings is 1. The van der Waals surface area contributed by atoms with E-state index in [0.29, 0.717) is 6.04 Å². The third-order valence-electron chi connectivity index (χ3n) is 5.82. The fraction of sp³-hybridized carbons (Fsp3) is 0.944. The number of hydrogen-bond acceptors (Lipinski definition) is 4. The van der Waals surface area contributed by atoms with Crippen molar-refractivity contribution in [2.45, 2.75) is 32.2 Å². The van der Waals surface area contributed by atoms with E-state index in [9.17, 15) is 0 Å². The van der Waals surface area contributed by atoms with Gasteiger partial charge in [-0.25, -0.2) is 0 Å². The fourth-order valence-electron chi connectivity index (χ4n) is 4.12. The second-order valence-corrected chi connectivity index (χ2v) is 7.54. The quantitative estimate of drug-likeness (QED) is 0.604. The molecule has 24 heavy (non-hydrogen) atoms. The Kier molecular flexibility index (Phi) is 6.75. The fourth-order valence-corrected chi connectivity index (χ4v) is 4.12. The van der Waals surface area contributed by atoms with Crippen molar-refractivity contribution in [1.29, 1.82) is 0 Å². The molecular weight excluding hydrogens is 302 g/mol. The highest BCUT2D eigenvalue weighted by atomic mass is 16.5. The van der Waals surface area contributed by atoms with Gasteiger partial charge < -0.3 is 19.9 Å². The highest BCUT2D eigenvalue weighted by Crippen LogP contribution is 2.17. The van der Waals surface area contributed by atoms with E-state index in [1.165, 1.54) is 32.4 Å². The average molecular weight is 338 g/mol. The molecule has 0 aromatic carbocycles. The van der Waals surface area contributed by atoms with Crippen LogP contribution in [0, 0.1) is 5.92 Å². The minimum atomic E-state index is 0.663. The Morgan fingerprint density at radius 3 is 2.54 bits per heavy atom. The minimum absolute atomic E-state index is 0.663. The van der Waals surface area contributed by atoms with Crippen molar-refractivity contribution in [1.82, 2.24) is 20.0 Å². The molecule has 6 heteroatoms. The Morgan fingerprint density at radius 2 is 1.83 bits per heavy atom. The molecule has 0 spiro atoms. The maximum atomic E-state index is 5.48. The monoisotopic (exact) mass is 337 g/mol. The molecule has 1 atom stereocenters. The molecule has 3 heterocycles. The summed E-state index contributed by atoms with van der Waals surface area (Å²) in [6.45, 7) is 13.2. The summed E-state index contributed by atoms with van der Waals surface area (Å²) in [6.07, 6.45) is 3.94. The third kappa shape index (κ3) is 4.83. The van der Waals surface area contributed by atoms with Crippen molar-refractivity contribution in [3.05, 3.63) is 0 Å². The van der Waals surface area contributed by atoms with E-state index in [0.717, 1.165) is 64.4 Å². The Morgan fingerprint density at radius 1 is 1.08 bits per heavy atom. The van der Waals surface area contributed by atoms with Gasteiger partial charge in [-0.3, -0.25) is 9.89 Å². The van der Waals surface area contributed by atoms with Gasteiger partial charge in [-0.2, -0.15) is 0 Å². The van der Waals surface area contributed by atoms with Gasteiger partial charge in [0.2, 0.25) is 0 Å². The molecule has 3 saturated heterocycles. The van der Waals surface area contributed by atoms with Gasteiger partial charge in [0, 0.05) is 52.4 Å². The summed E-state index contributed by atoms with van der Waals surface area (Å²) < 4.78 is 5.48. The molecule has 0 aliphatic carbocycles. The van der Waals surface area contributed by atoms with Crippen molar-refractivity contribution in [3.63, 3.8) is 0 Å². The van der Waals surface area contributed by atoms with E-state index < -0.39 is 0 Å². The summed E-state index contributed by atoms with van der Waals surface area (Å²) in [7, 11) is 1.91. The normalized spacial score (nSPS) is 28.5. The lowest BCUT2D eigenvalue weighted by Crippen LogP contribution is -2.47. The smallest absolute Gasteiger partial charge is 0.193 e. The molecule has 0 aromatic rings. The van der Waals surface area contributed by atoms with Crippen molar-refractivity contribution in [2.24, 2.45) is 10.9 Å². The van der Waals surface area contributed by atoms with Gasteiger partial charge in [0.1, 0.15) is 0 Å². The molecule has 0 saturated carbocycles. The molecule has 0 amide bonds. The van der Waals surface area contributed by atoms with Crippen LogP contribution >= 0.6 is 0 Å². The molecular formula is C18H35N5O. The molecule has 3 aliphatic rings. The number of likely N-dealkylation sites (tertiary alicyclic amines) is 2. The number of aliphatic imine (C=N–C) groups is 1. The van der Waals surface area contributed by atoms with Crippen LogP contribution in [0.25, 0.3) is 0 Å². The Hall–Kier alpha value is -0.850. The summed E-state index contributed by atoms with van der Waals surface area (Å²) in [5.74, 6) is 1.99. The van der Waals surface area contributed by atoms with Crippen LogP contribution in [-0.4, -0.2) is 99.3 Å². The van der Waals surface area contributed by atoms with Crippen molar-refractivity contribution < 1.29 is 4.74 Å². The molecule has 0 bridgehead atoms. The molecule has 0 aromatic heterocycles. The van der Waals surface area contributed by atoms with Gasteiger partial charge in [-0.1, -0.05) is 6.92 Å². The summed E-state index contributed by atoms with van der Waals surface area (Å²) in [6, 6.07) is 0.663. The van der Waals surface area contributed by atoms with E-state index in [2.05, 4.69) is 31.9 Å². The van der Waals surface area contributed by atoms with Crippen LogP contribution in [0.5, 0.6) is 0 Å². The first kappa shape index (κ1) is 18.0. The average Bonchev–Trinajstić information content (AvgIpc) is 3.11. The maximum absolute atomic E-state index is 5.48. The van der Waals surface area contributed by atoms with Crippen LogP contribution < -0.4 is 5.32 Å². The lowest BCUT2D eigenvalue weighted by atomic mass is 9.99. The van der Waals surface area contributed by atoms with Crippen molar-refractivity contribution >= 4 is 5.96 Å². The number of rotatable bonds is 4. The summed E-state index contributed by atoms with van der Waals surface area (Å²) in [5, 5.41) is 3.58. The first-order chi connectivity index (χ1) is 11.8. The highest BCUT2D eigenvalue weighted by Gasteiger charge is 2.30. The van der Waals surface area contributed by atoms with Crippen LogP contribution in [0.1, 0.15) is 26.2 Å². The van der Waals surface area contributed by atoms with Gasteiger partial charge in [-0.15, -0.1) is 0 Å². The molecule has 6 nitrogen and oxygen atoms in total. The topological polar surface area (TPSA) is 43.3 Å². The number of ether oxygens (including phenoxy) is 1. The van der Waals surface area contributed by atoms with Crippen LogP contribution in [0.4, 0.5) is 0 Å². The highest BCUT2D eigenvalue weighted by molar-refractivity contribution is 5.80. The van der Waals surface area contributed by atoms with E-state index in [-0.39, 0.29) is 0 Å². The molecule has 1 unspecified atom stereocenters. The zero-order chi connectivity index (χ0) is 16.8. The maximum Gasteiger partial charge on any atom is 0.193 e. The number of nitrogens with one attached hydrogen (secondary N) is 1. The number of guanidine groups is 1. The second kappa shape index (κ2) is 9.02. The van der Waals surface area contributed by atoms with E-state index in [4.69, 9.17) is 4.74 Å². The molecule has 1 N–H and O–H groups in total. The second-order valence-electron chi connectivity index (χ2n) is 7.54. The zero-order valence-electron chi connectivity index (χ0n) is 15.5. The van der Waals surface area contributed by atoms with E-state index in [1.807, 2.05) is 7.05 Å². The van der Waals surface area contributed by atoms with Crippen LogP contribution in [0.3, 0.4) is 0 Å². The van der Waals surface area contributed by atoms with Gasteiger partial charge in [0.25, 0.3) is 0 Å². The largest absolute Gasteiger partial charge is 0.379 e. The van der Waals surface area contributed by atoms with E-state index in [1.54, 1.807) is 0 Å². The van der Waals surface area contributed by atoms with Crippen LogP contribution in [-0.2, 0) is 4.74 Å². The van der Waals surface area contributed by atoms with Gasteiger partial charge in [0.05, 0.1) is 13.2 Å². The van der Waals surface area contributed by atoms with Gasteiger partial charge >= 0.3 is 0 Å². The predicted molar refractivity (Wildman–Crippen MR) is 98.6 cm³/mol. The van der Waals surface area contributed by atoms with Crippen molar-refractivity contribution in [3.8, 4) is 0 Å². The molecule has 138 valence electrons. The Labute approximate surface area is 147 Å². The van der Waals surface area contributed by atoms with Crippen molar-refractivity contribution in [2.75, 3.05) is 72.6 Å². The number of piperidine rings is 1. The summed E-state index contributed by atoms with van der Waals surface area (Å²) in [4.78, 5) is 12.1. The SMILES string of the molecule is CN=C(NCCN1CCC(C)CC1)N1CCC(N2CCOCC2)C1. The Balaban J connectivity index is 1.38. The van der Waals surface area contributed by atoms with E-state index >= 15 is 0 Å². The molecule has 3 rings (SSSR count).